The van der Waals surface area contributed by atoms with Crippen molar-refractivity contribution < 1.29 is 23.8 Å². The lowest BCUT2D eigenvalue weighted by Gasteiger charge is -2.45. The second-order valence-corrected chi connectivity index (χ2v) is 4.19. The maximum atomic E-state index is 11.9. The summed E-state index contributed by atoms with van der Waals surface area (Å²) in [6, 6.07) is 0. The van der Waals surface area contributed by atoms with E-state index in [4.69, 9.17) is 14.2 Å². The highest BCUT2D eigenvalue weighted by Crippen LogP contribution is 2.33. The van der Waals surface area contributed by atoms with Crippen LogP contribution < -0.4 is 0 Å². The predicted molar refractivity (Wildman–Crippen MR) is 59.3 cm³/mol. The molecule has 6 heteroatoms. The zero-order valence-corrected chi connectivity index (χ0v) is 10.7. The first-order chi connectivity index (χ1) is 8.01. The molecule has 2 atom stereocenters. The topological polar surface area (TPSA) is 65.1 Å². The Hall–Kier alpha value is -1.30. The third-order valence-corrected chi connectivity index (χ3v) is 3.20. The molecule has 1 fully saturated rings. The van der Waals surface area contributed by atoms with E-state index in [0.717, 1.165) is 6.42 Å². The summed E-state index contributed by atoms with van der Waals surface area (Å²) in [6.07, 6.45) is 0.967. The molecule has 0 aliphatic carbocycles. The molecule has 0 aromatic carbocycles. The van der Waals surface area contributed by atoms with Gasteiger partial charge in [-0.3, -0.25) is 4.90 Å². The first kappa shape index (κ1) is 13.8. The molecule has 1 unspecified atom stereocenters. The number of carbonyl (C=O) groups is 2. The molecule has 1 aliphatic heterocycles. The standard InChI is InChI=1S/C11H19NO5/c1-11(9(13)16-3)7-5-6-8(15-2)12(11)10(14)17-4/h8H,5-7H2,1-4H3/t8?,11-/m1/s1. The minimum atomic E-state index is -1.03. The van der Waals surface area contributed by atoms with Crippen LogP contribution in [0.5, 0.6) is 0 Å². The number of nitrogens with zero attached hydrogens (tertiary/aromatic N) is 1. The zero-order chi connectivity index (χ0) is 13.1. The van der Waals surface area contributed by atoms with E-state index < -0.39 is 23.8 Å². The Morgan fingerprint density at radius 1 is 1.24 bits per heavy atom. The summed E-state index contributed by atoms with van der Waals surface area (Å²) in [5.41, 5.74) is -1.03. The number of carbonyl (C=O) groups excluding carboxylic acids is 2. The van der Waals surface area contributed by atoms with E-state index in [1.807, 2.05) is 0 Å². The largest absolute Gasteiger partial charge is 0.467 e. The molecule has 1 saturated heterocycles. The Labute approximate surface area is 101 Å². The van der Waals surface area contributed by atoms with Gasteiger partial charge in [0.05, 0.1) is 14.2 Å². The smallest absolute Gasteiger partial charge is 0.412 e. The predicted octanol–water partition coefficient (Wildman–Crippen LogP) is 1.14. The SMILES string of the molecule is COC(=O)N1C(OC)CCC[C@]1(C)C(=O)OC. The van der Waals surface area contributed by atoms with Crippen LogP contribution in [0, 0.1) is 0 Å². The molecule has 0 spiro atoms. The fraction of sp³-hybridized carbons (Fsp3) is 0.818. The monoisotopic (exact) mass is 245 g/mol. The second-order valence-electron chi connectivity index (χ2n) is 4.19. The third-order valence-electron chi connectivity index (χ3n) is 3.20. The van der Waals surface area contributed by atoms with Crippen LogP contribution in [0.15, 0.2) is 0 Å². The molecular formula is C11H19NO5. The quantitative estimate of drug-likeness (QED) is 0.683. The first-order valence-electron chi connectivity index (χ1n) is 5.49. The molecule has 0 N–H and O–H groups in total. The molecule has 6 nitrogen and oxygen atoms in total. The van der Waals surface area contributed by atoms with Crippen LogP contribution in [-0.2, 0) is 19.0 Å². The molecule has 0 radical (unpaired) electrons. The number of methoxy groups -OCH3 is 3. The van der Waals surface area contributed by atoms with E-state index >= 15 is 0 Å². The Morgan fingerprint density at radius 3 is 2.35 bits per heavy atom. The number of amides is 1. The molecule has 98 valence electrons. The third kappa shape index (κ3) is 2.36. The van der Waals surface area contributed by atoms with Gasteiger partial charge in [0.1, 0.15) is 11.8 Å². The lowest BCUT2D eigenvalue weighted by molar-refractivity contribution is -0.168. The highest BCUT2D eigenvalue weighted by molar-refractivity contribution is 5.85. The number of rotatable bonds is 2. The molecule has 1 heterocycles. The average molecular weight is 245 g/mol. The average Bonchev–Trinajstić information content (AvgIpc) is 2.36. The van der Waals surface area contributed by atoms with Crippen molar-refractivity contribution in [3.8, 4) is 0 Å². The van der Waals surface area contributed by atoms with Gasteiger partial charge in [-0.25, -0.2) is 9.59 Å². The van der Waals surface area contributed by atoms with Crippen LogP contribution in [0.3, 0.4) is 0 Å². The number of esters is 1. The number of hydrogen-bond acceptors (Lipinski definition) is 5. The molecular weight excluding hydrogens is 226 g/mol. The van der Waals surface area contributed by atoms with Crippen molar-refractivity contribution in [2.45, 2.75) is 38.0 Å². The number of ether oxygens (including phenoxy) is 3. The van der Waals surface area contributed by atoms with E-state index in [0.29, 0.717) is 12.8 Å². The number of piperidine rings is 1. The summed E-state index contributed by atoms with van der Waals surface area (Å²) in [4.78, 5) is 25.0. The fourth-order valence-corrected chi connectivity index (χ4v) is 2.25. The summed E-state index contributed by atoms with van der Waals surface area (Å²) in [5, 5.41) is 0. The van der Waals surface area contributed by atoms with Gasteiger partial charge in [-0.05, 0) is 26.2 Å². The highest BCUT2D eigenvalue weighted by Gasteiger charge is 2.49. The zero-order valence-electron chi connectivity index (χ0n) is 10.7. The molecule has 1 aliphatic rings. The van der Waals surface area contributed by atoms with Crippen molar-refractivity contribution in [3.63, 3.8) is 0 Å². The van der Waals surface area contributed by atoms with Gasteiger partial charge in [-0.2, -0.15) is 0 Å². The van der Waals surface area contributed by atoms with E-state index in [1.165, 1.54) is 26.2 Å². The molecule has 0 aromatic rings. The van der Waals surface area contributed by atoms with E-state index in [9.17, 15) is 9.59 Å². The van der Waals surface area contributed by atoms with Gasteiger partial charge in [0.15, 0.2) is 0 Å². The summed E-state index contributed by atoms with van der Waals surface area (Å²) >= 11 is 0. The summed E-state index contributed by atoms with van der Waals surface area (Å²) in [6.45, 7) is 1.67. The van der Waals surface area contributed by atoms with Crippen molar-refractivity contribution in [2.24, 2.45) is 0 Å². The van der Waals surface area contributed by atoms with Crippen molar-refractivity contribution in [2.75, 3.05) is 21.3 Å². The van der Waals surface area contributed by atoms with Crippen molar-refractivity contribution in [1.29, 1.82) is 0 Å². The maximum absolute atomic E-state index is 11.9. The number of likely N-dealkylation sites (tertiary alicyclic amines) is 1. The lowest BCUT2D eigenvalue weighted by Crippen LogP contribution is -2.62. The molecule has 0 aromatic heterocycles. The van der Waals surface area contributed by atoms with Crippen molar-refractivity contribution in [3.05, 3.63) is 0 Å². The van der Waals surface area contributed by atoms with Crippen LogP contribution in [-0.4, -0.2) is 50.1 Å². The van der Waals surface area contributed by atoms with Gasteiger partial charge in [0.25, 0.3) is 0 Å². The maximum Gasteiger partial charge on any atom is 0.412 e. The summed E-state index contributed by atoms with van der Waals surface area (Å²) in [5.74, 6) is -0.454. The van der Waals surface area contributed by atoms with Crippen LogP contribution in [0.25, 0.3) is 0 Å². The Balaban J connectivity index is 3.07. The molecule has 1 amide bonds. The molecule has 17 heavy (non-hydrogen) atoms. The molecule has 1 rings (SSSR count). The second kappa shape index (κ2) is 5.35. The minimum Gasteiger partial charge on any atom is -0.467 e. The van der Waals surface area contributed by atoms with Gasteiger partial charge in [0, 0.05) is 7.11 Å². The van der Waals surface area contributed by atoms with Crippen LogP contribution >= 0.6 is 0 Å². The van der Waals surface area contributed by atoms with E-state index in [1.54, 1.807) is 6.92 Å². The van der Waals surface area contributed by atoms with Gasteiger partial charge < -0.3 is 14.2 Å². The normalized spacial score (nSPS) is 28.7. The Bertz CT molecular complexity index is 306. The van der Waals surface area contributed by atoms with Crippen LogP contribution in [0.1, 0.15) is 26.2 Å². The highest BCUT2D eigenvalue weighted by atomic mass is 16.6. The summed E-state index contributed by atoms with van der Waals surface area (Å²) < 4.78 is 14.7. The van der Waals surface area contributed by atoms with Crippen molar-refractivity contribution >= 4 is 12.1 Å². The Kier molecular flexibility index (Phi) is 4.34. The van der Waals surface area contributed by atoms with Gasteiger partial charge >= 0.3 is 12.1 Å². The lowest BCUT2D eigenvalue weighted by atomic mass is 9.88. The van der Waals surface area contributed by atoms with Gasteiger partial charge in [-0.15, -0.1) is 0 Å². The van der Waals surface area contributed by atoms with Gasteiger partial charge in [-0.1, -0.05) is 0 Å². The number of hydrogen-bond donors (Lipinski definition) is 0. The molecule has 0 saturated carbocycles. The minimum absolute atomic E-state index is 0.454. The van der Waals surface area contributed by atoms with Crippen molar-refractivity contribution in [1.82, 2.24) is 4.90 Å². The van der Waals surface area contributed by atoms with E-state index in [-0.39, 0.29) is 0 Å². The first-order valence-corrected chi connectivity index (χ1v) is 5.49. The van der Waals surface area contributed by atoms with Gasteiger partial charge in [0.2, 0.25) is 0 Å². The van der Waals surface area contributed by atoms with Crippen LogP contribution in [0.2, 0.25) is 0 Å². The van der Waals surface area contributed by atoms with Crippen LogP contribution in [0.4, 0.5) is 4.79 Å². The molecule has 0 bridgehead atoms. The van der Waals surface area contributed by atoms with E-state index in [2.05, 4.69) is 0 Å². The Morgan fingerprint density at radius 2 is 1.88 bits per heavy atom. The fourth-order valence-electron chi connectivity index (χ4n) is 2.25. The summed E-state index contributed by atoms with van der Waals surface area (Å²) in [7, 11) is 4.09.